The topological polar surface area (TPSA) is 74.3 Å². The van der Waals surface area contributed by atoms with Crippen LogP contribution in [0.15, 0.2) is 84.9 Å². The van der Waals surface area contributed by atoms with Crippen molar-refractivity contribution in [1.29, 1.82) is 0 Å². The zero-order valence-corrected chi connectivity index (χ0v) is 22.1. The van der Waals surface area contributed by atoms with Crippen molar-refractivity contribution in [3.05, 3.63) is 90.5 Å². The summed E-state index contributed by atoms with van der Waals surface area (Å²) in [5, 5.41) is 0. The van der Waals surface area contributed by atoms with E-state index >= 15 is 0 Å². The van der Waals surface area contributed by atoms with Crippen LogP contribution < -0.4 is 14.4 Å². The Bertz CT molecular complexity index is 1020. The molecule has 7 heteroatoms. The van der Waals surface area contributed by atoms with Crippen molar-refractivity contribution >= 4 is 17.6 Å². The molecule has 0 amide bonds. The predicted octanol–water partition coefficient (Wildman–Crippen LogP) is 5.61. The van der Waals surface area contributed by atoms with Gasteiger partial charge in [0, 0.05) is 31.6 Å². The van der Waals surface area contributed by atoms with E-state index in [0.717, 1.165) is 22.7 Å². The SMILES string of the molecule is Cc1cccc(N(CCCC(=O)OCCOc2ccccc2)CCCC(=O)OCCOc2ccccc2)c1. The van der Waals surface area contributed by atoms with Crippen LogP contribution in [0.25, 0.3) is 0 Å². The third-order valence-corrected chi connectivity index (χ3v) is 5.70. The van der Waals surface area contributed by atoms with Crippen LogP contribution in [0.2, 0.25) is 0 Å². The summed E-state index contributed by atoms with van der Waals surface area (Å²) in [5.41, 5.74) is 2.22. The number of benzene rings is 3. The van der Waals surface area contributed by atoms with Gasteiger partial charge in [0.15, 0.2) is 0 Å². The second-order valence-corrected chi connectivity index (χ2v) is 8.80. The van der Waals surface area contributed by atoms with E-state index in [0.29, 0.717) is 52.0 Å². The van der Waals surface area contributed by atoms with Crippen LogP contribution in [0.4, 0.5) is 5.69 Å². The molecule has 0 saturated heterocycles. The number of rotatable bonds is 17. The molecular formula is C31H37NO6. The lowest BCUT2D eigenvalue weighted by Crippen LogP contribution is -2.27. The summed E-state index contributed by atoms with van der Waals surface area (Å²) in [7, 11) is 0. The molecule has 7 nitrogen and oxygen atoms in total. The number of nitrogens with zero attached hydrogens (tertiary/aromatic N) is 1. The van der Waals surface area contributed by atoms with Crippen molar-refractivity contribution in [3.63, 3.8) is 0 Å². The van der Waals surface area contributed by atoms with Gasteiger partial charge in [0.05, 0.1) is 0 Å². The molecule has 0 aliphatic rings. The third-order valence-electron chi connectivity index (χ3n) is 5.70. The molecule has 3 aromatic rings. The minimum absolute atomic E-state index is 0.216. The molecule has 202 valence electrons. The Hall–Kier alpha value is -4.00. The molecule has 0 aromatic heterocycles. The monoisotopic (exact) mass is 519 g/mol. The number of ether oxygens (including phenoxy) is 4. The standard InChI is InChI=1S/C31H37NO6/c1-26-11-8-12-27(25-26)32(19-9-17-30(33)37-23-21-35-28-13-4-2-5-14-28)20-10-18-31(34)38-24-22-36-29-15-6-3-7-16-29/h2-8,11-16,25H,9-10,17-24H2,1H3. The fourth-order valence-electron chi connectivity index (χ4n) is 3.83. The van der Waals surface area contributed by atoms with Crippen molar-refractivity contribution in [3.8, 4) is 11.5 Å². The van der Waals surface area contributed by atoms with Crippen LogP contribution in [0.1, 0.15) is 31.2 Å². The molecule has 0 aliphatic heterocycles. The Labute approximate surface area is 225 Å². The molecule has 0 aliphatic carbocycles. The van der Waals surface area contributed by atoms with E-state index in [1.54, 1.807) is 0 Å². The van der Waals surface area contributed by atoms with Crippen LogP contribution in [0.3, 0.4) is 0 Å². The summed E-state index contributed by atoms with van der Waals surface area (Å²) in [6.07, 6.45) is 1.93. The average Bonchev–Trinajstić information content (AvgIpc) is 2.94. The van der Waals surface area contributed by atoms with E-state index in [2.05, 4.69) is 11.0 Å². The minimum Gasteiger partial charge on any atom is -0.490 e. The molecule has 0 heterocycles. The summed E-state index contributed by atoms with van der Waals surface area (Å²) in [5.74, 6) is 1.02. The summed E-state index contributed by atoms with van der Waals surface area (Å²) in [6.45, 7) is 4.48. The highest BCUT2D eigenvalue weighted by Gasteiger charge is 2.11. The van der Waals surface area contributed by atoms with E-state index in [1.807, 2.05) is 85.8 Å². The molecule has 38 heavy (non-hydrogen) atoms. The van der Waals surface area contributed by atoms with Crippen molar-refractivity contribution < 1.29 is 28.5 Å². The fourth-order valence-corrected chi connectivity index (χ4v) is 3.83. The smallest absolute Gasteiger partial charge is 0.305 e. The predicted molar refractivity (Wildman–Crippen MR) is 148 cm³/mol. The number of carbonyl (C=O) groups excluding carboxylic acids is 2. The normalized spacial score (nSPS) is 10.4. The number of hydrogen-bond acceptors (Lipinski definition) is 7. The number of carbonyl (C=O) groups is 2. The van der Waals surface area contributed by atoms with Gasteiger partial charge in [-0.3, -0.25) is 9.59 Å². The highest BCUT2D eigenvalue weighted by Crippen LogP contribution is 2.18. The quantitative estimate of drug-likeness (QED) is 0.170. The highest BCUT2D eigenvalue weighted by atomic mass is 16.6. The average molecular weight is 520 g/mol. The van der Waals surface area contributed by atoms with E-state index in [1.165, 1.54) is 0 Å². The number of para-hydroxylation sites is 2. The molecule has 0 radical (unpaired) electrons. The molecule has 3 aromatic carbocycles. The number of aryl methyl sites for hydroxylation is 1. The molecule has 0 atom stereocenters. The lowest BCUT2D eigenvalue weighted by molar-refractivity contribution is -0.145. The van der Waals surface area contributed by atoms with Crippen molar-refractivity contribution in [2.24, 2.45) is 0 Å². The van der Waals surface area contributed by atoms with Gasteiger partial charge >= 0.3 is 11.9 Å². The lowest BCUT2D eigenvalue weighted by atomic mass is 10.1. The molecular weight excluding hydrogens is 482 g/mol. The third kappa shape index (κ3) is 11.4. The second-order valence-electron chi connectivity index (χ2n) is 8.80. The van der Waals surface area contributed by atoms with Crippen LogP contribution >= 0.6 is 0 Å². The van der Waals surface area contributed by atoms with Gasteiger partial charge in [-0.15, -0.1) is 0 Å². The fraction of sp³-hybridized carbons (Fsp3) is 0.355. The van der Waals surface area contributed by atoms with Gasteiger partial charge in [-0.25, -0.2) is 0 Å². The Balaban J connectivity index is 1.34. The van der Waals surface area contributed by atoms with Gasteiger partial charge in [-0.1, -0.05) is 48.5 Å². The molecule has 0 N–H and O–H groups in total. The first-order chi connectivity index (χ1) is 18.6. The zero-order chi connectivity index (χ0) is 26.8. The first-order valence-electron chi connectivity index (χ1n) is 13.1. The summed E-state index contributed by atoms with van der Waals surface area (Å²) in [4.78, 5) is 26.6. The lowest BCUT2D eigenvalue weighted by Gasteiger charge is -2.25. The van der Waals surface area contributed by atoms with Crippen LogP contribution in [-0.2, 0) is 19.1 Å². The number of anilines is 1. The Morgan fingerprint density at radius 3 is 1.61 bits per heavy atom. The Morgan fingerprint density at radius 2 is 1.13 bits per heavy atom. The number of hydrogen-bond donors (Lipinski definition) is 0. The van der Waals surface area contributed by atoms with E-state index in [9.17, 15) is 9.59 Å². The van der Waals surface area contributed by atoms with Crippen LogP contribution in [-0.4, -0.2) is 51.5 Å². The van der Waals surface area contributed by atoms with Crippen molar-refractivity contribution in [2.45, 2.75) is 32.6 Å². The van der Waals surface area contributed by atoms with Crippen LogP contribution in [0.5, 0.6) is 11.5 Å². The summed E-state index contributed by atoms with van der Waals surface area (Å²) in [6, 6.07) is 27.1. The van der Waals surface area contributed by atoms with Crippen LogP contribution in [0, 0.1) is 6.92 Å². The van der Waals surface area contributed by atoms with Gasteiger partial charge in [-0.05, 0) is 61.7 Å². The van der Waals surface area contributed by atoms with Gasteiger partial charge in [0.2, 0.25) is 0 Å². The molecule has 3 rings (SSSR count). The Morgan fingerprint density at radius 1 is 0.632 bits per heavy atom. The van der Waals surface area contributed by atoms with E-state index < -0.39 is 0 Å². The molecule has 0 fully saturated rings. The maximum absolute atomic E-state index is 12.2. The first kappa shape index (κ1) is 28.6. The molecule has 0 spiro atoms. The maximum atomic E-state index is 12.2. The van der Waals surface area contributed by atoms with Gasteiger partial charge < -0.3 is 23.8 Å². The second kappa shape index (κ2) is 16.7. The highest BCUT2D eigenvalue weighted by molar-refractivity contribution is 5.69. The van der Waals surface area contributed by atoms with Crippen molar-refractivity contribution in [2.75, 3.05) is 44.4 Å². The van der Waals surface area contributed by atoms with Gasteiger partial charge in [0.1, 0.15) is 37.9 Å². The molecule has 0 bridgehead atoms. The summed E-state index contributed by atoms with van der Waals surface area (Å²) >= 11 is 0. The molecule has 0 unspecified atom stereocenters. The van der Waals surface area contributed by atoms with Crippen molar-refractivity contribution in [1.82, 2.24) is 0 Å². The zero-order valence-electron chi connectivity index (χ0n) is 22.1. The largest absolute Gasteiger partial charge is 0.490 e. The van der Waals surface area contributed by atoms with Gasteiger partial charge in [0.25, 0.3) is 0 Å². The Kier molecular flexibility index (Phi) is 12.5. The van der Waals surface area contributed by atoms with E-state index in [-0.39, 0.29) is 25.2 Å². The number of esters is 2. The van der Waals surface area contributed by atoms with E-state index in [4.69, 9.17) is 18.9 Å². The first-order valence-corrected chi connectivity index (χ1v) is 13.1. The maximum Gasteiger partial charge on any atom is 0.305 e. The minimum atomic E-state index is -0.243. The van der Waals surface area contributed by atoms with Gasteiger partial charge in [-0.2, -0.15) is 0 Å². The molecule has 0 saturated carbocycles. The summed E-state index contributed by atoms with van der Waals surface area (Å²) < 4.78 is 21.7.